The Bertz CT molecular complexity index is 862. The summed E-state index contributed by atoms with van der Waals surface area (Å²) in [6, 6.07) is 20.0. The number of carbonyl (C=O) groups is 1. The van der Waals surface area contributed by atoms with Crippen molar-refractivity contribution >= 4 is 17.0 Å². The number of nitrogens with one attached hydrogen (secondary N) is 1. The molecule has 0 bridgehead atoms. The number of aromatic nitrogens is 1. The number of para-hydroxylation sites is 1. The van der Waals surface area contributed by atoms with Gasteiger partial charge < -0.3 is 14.6 Å². The number of carbonyl (C=O) groups excluding carboxylic acids is 1. The maximum absolute atomic E-state index is 12.4. The van der Waals surface area contributed by atoms with Crippen LogP contribution < -0.4 is 5.32 Å². The highest BCUT2D eigenvalue weighted by atomic mass is 16.5. The van der Waals surface area contributed by atoms with Gasteiger partial charge in [0.25, 0.3) is 0 Å². The first-order valence-electron chi connectivity index (χ1n) is 8.95. The van der Waals surface area contributed by atoms with Crippen molar-refractivity contribution in [2.24, 2.45) is 5.41 Å². The Morgan fingerprint density at radius 1 is 1.04 bits per heavy atom. The predicted octanol–water partition coefficient (Wildman–Crippen LogP) is 5.50. The third-order valence-electron chi connectivity index (χ3n) is 4.27. The lowest BCUT2D eigenvalue weighted by molar-refractivity contribution is 0.126. The molecule has 0 fully saturated rings. The van der Waals surface area contributed by atoms with Gasteiger partial charge >= 0.3 is 6.09 Å². The molecule has 1 aromatic heterocycles. The van der Waals surface area contributed by atoms with Gasteiger partial charge in [-0.05, 0) is 34.9 Å². The van der Waals surface area contributed by atoms with Crippen LogP contribution in [0, 0.1) is 5.41 Å². The van der Waals surface area contributed by atoms with E-state index < -0.39 is 6.09 Å². The molecule has 1 heterocycles. The van der Waals surface area contributed by atoms with Gasteiger partial charge in [-0.2, -0.15) is 0 Å². The van der Waals surface area contributed by atoms with Crippen LogP contribution in [0.3, 0.4) is 0 Å². The minimum Gasteiger partial charge on any atom is -0.445 e. The molecule has 26 heavy (non-hydrogen) atoms. The van der Waals surface area contributed by atoms with Crippen LogP contribution >= 0.6 is 0 Å². The molecule has 1 atom stereocenters. The Morgan fingerprint density at radius 3 is 2.46 bits per heavy atom. The molecular weight excluding hydrogens is 324 g/mol. The first-order chi connectivity index (χ1) is 12.4. The fraction of sp³-hybridized carbons (Fsp3) is 0.318. The number of ether oxygens (including phenoxy) is 1. The van der Waals surface area contributed by atoms with Gasteiger partial charge in [0.1, 0.15) is 12.8 Å². The molecule has 1 unspecified atom stereocenters. The maximum Gasteiger partial charge on any atom is 0.409 e. The van der Waals surface area contributed by atoms with Crippen molar-refractivity contribution in [1.82, 2.24) is 9.88 Å². The molecule has 0 radical (unpaired) electrons. The number of fused-ring (bicyclic) bond motifs is 1. The van der Waals surface area contributed by atoms with E-state index in [-0.39, 0.29) is 18.2 Å². The Labute approximate surface area is 154 Å². The summed E-state index contributed by atoms with van der Waals surface area (Å²) in [5.74, 6) is 0. The summed E-state index contributed by atoms with van der Waals surface area (Å²) in [6.45, 7) is 6.77. The highest BCUT2D eigenvalue weighted by Crippen LogP contribution is 2.29. The maximum atomic E-state index is 12.4. The summed E-state index contributed by atoms with van der Waals surface area (Å²) in [7, 11) is 0. The summed E-state index contributed by atoms with van der Waals surface area (Å²) in [6.07, 6.45) is 2.25. The number of rotatable bonds is 5. The zero-order valence-corrected chi connectivity index (χ0v) is 15.6. The van der Waals surface area contributed by atoms with Crippen molar-refractivity contribution in [1.29, 1.82) is 0 Å². The SMILES string of the molecule is CC(C)(C)CC(NC(=O)OCc1ccccc1)n1ccc2ccccc21. The second kappa shape index (κ2) is 7.65. The van der Waals surface area contributed by atoms with Gasteiger partial charge in [0.05, 0.1) is 0 Å². The second-order valence-corrected chi connectivity index (χ2v) is 7.77. The van der Waals surface area contributed by atoms with E-state index in [0.717, 1.165) is 22.9 Å². The van der Waals surface area contributed by atoms with E-state index >= 15 is 0 Å². The topological polar surface area (TPSA) is 43.3 Å². The van der Waals surface area contributed by atoms with Gasteiger partial charge in [0.15, 0.2) is 0 Å². The zero-order chi connectivity index (χ0) is 18.6. The van der Waals surface area contributed by atoms with Crippen molar-refractivity contribution in [3.8, 4) is 0 Å². The molecule has 2 aromatic carbocycles. The molecule has 4 nitrogen and oxygen atoms in total. The summed E-state index contributed by atoms with van der Waals surface area (Å²) < 4.78 is 7.54. The number of nitrogens with zero attached hydrogens (tertiary/aromatic N) is 1. The van der Waals surface area contributed by atoms with Gasteiger partial charge in [-0.25, -0.2) is 4.79 Å². The number of hydrogen-bond acceptors (Lipinski definition) is 2. The van der Waals surface area contributed by atoms with Gasteiger partial charge in [0, 0.05) is 11.7 Å². The number of benzene rings is 2. The van der Waals surface area contributed by atoms with Crippen LogP contribution in [-0.2, 0) is 11.3 Å². The van der Waals surface area contributed by atoms with E-state index in [4.69, 9.17) is 4.74 Å². The van der Waals surface area contributed by atoms with E-state index in [1.165, 1.54) is 0 Å². The quantitative estimate of drug-likeness (QED) is 0.660. The average Bonchev–Trinajstić information content (AvgIpc) is 3.03. The predicted molar refractivity (Wildman–Crippen MR) is 105 cm³/mol. The van der Waals surface area contributed by atoms with Crippen molar-refractivity contribution < 1.29 is 9.53 Å². The van der Waals surface area contributed by atoms with Crippen LogP contribution in [-0.4, -0.2) is 10.7 Å². The van der Waals surface area contributed by atoms with Gasteiger partial charge in [-0.3, -0.25) is 0 Å². The summed E-state index contributed by atoms with van der Waals surface area (Å²) in [5.41, 5.74) is 2.13. The molecule has 0 spiro atoms. The van der Waals surface area contributed by atoms with Crippen molar-refractivity contribution in [3.63, 3.8) is 0 Å². The normalized spacial score (nSPS) is 12.7. The number of amides is 1. The molecule has 0 aliphatic carbocycles. The molecule has 3 aromatic rings. The number of hydrogen-bond donors (Lipinski definition) is 1. The van der Waals surface area contributed by atoms with E-state index in [9.17, 15) is 4.79 Å². The Morgan fingerprint density at radius 2 is 1.73 bits per heavy atom. The van der Waals surface area contributed by atoms with Crippen LogP contribution in [0.15, 0.2) is 66.9 Å². The molecule has 1 amide bonds. The third-order valence-corrected chi connectivity index (χ3v) is 4.27. The highest BCUT2D eigenvalue weighted by Gasteiger charge is 2.23. The molecular formula is C22H26N2O2. The molecule has 0 aliphatic rings. The fourth-order valence-corrected chi connectivity index (χ4v) is 3.08. The highest BCUT2D eigenvalue weighted by molar-refractivity contribution is 5.80. The van der Waals surface area contributed by atoms with E-state index in [2.05, 4.69) is 48.9 Å². The minimum absolute atomic E-state index is 0.0583. The molecule has 0 saturated heterocycles. The summed E-state index contributed by atoms with van der Waals surface area (Å²) >= 11 is 0. The Balaban J connectivity index is 1.75. The standard InChI is InChI=1S/C22H26N2O2/c1-22(2,3)15-20(24-14-13-18-11-7-8-12-19(18)24)23-21(25)26-16-17-9-5-4-6-10-17/h4-14,20H,15-16H2,1-3H3,(H,23,25). The van der Waals surface area contributed by atoms with Crippen LogP contribution in [0.25, 0.3) is 10.9 Å². The van der Waals surface area contributed by atoms with Crippen LogP contribution in [0.1, 0.15) is 38.9 Å². The van der Waals surface area contributed by atoms with Crippen molar-refractivity contribution in [2.45, 2.75) is 40.0 Å². The molecule has 4 heteroatoms. The van der Waals surface area contributed by atoms with E-state index in [1.807, 2.05) is 48.7 Å². The van der Waals surface area contributed by atoms with Crippen LogP contribution in [0.4, 0.5) is 4.79 Å². The van der Waals surface area contributed by atoms with Crippen molar-refractivity contribution in [3.05, 3.63) is 72.4 Å². The lowest BCUT2D eigenvalue weighted by Gasteiger charge is -2.28. The lowest BCUT2D eigenvalue weighted by Crippen LogP contribution is -2.35. The zero-order valence-electron chi connectivity index (χ0n) is 15.6. The number of alkyl carbamates (subject to hydrolysis) is 1. The average molecular weight is 350 g/mol. The molecule has 3 rings (SSSR count). The third kappa shape index (κ3) is 4.66. The van der Waals surface area contributed by atoms with Crippen LogP contribution in [0.2, 0.25) is 0 Å². The Kier molecular flexibility index (Phi) is 5.31. The first-order valence-corrected chi connectivity index (χ1v) is 8.95. The largest absolute Gasteiger partial charge is 0.445 e. The monoisotopic (exact) mass is 350 g/mol. The smallest absolute Gasteiger partial charge is 0.409 e. The van der Waals surface area contributed by atoms with Crippen molar-refractivity contribution in [2.75, 3.05) is 0 Å². The van der Waals surface area contributed by atoms with Gasteiger partial charge in [-0.1, -0.05) is 69.3 Å². The van der Waals surface area contributed by atoms with E-state index in [1.54, 1.807) is 0 Å². The Hall–Kier alpha value is -2.75. The second-order valence-electron chi connectivity index (χ2n) is 7.77. The molecule has 136 valence electrons. The first kappa shape index (κ1) is 18.1. The van der Waals surface area contributed by atoms with Gasteiger partial charge in [-0.15, -0.1) is 0 Å². The fourth-order valence-electron chi connectivity index (χ4n) is 3.08. The molecule has 0 saturated carbocycles. The molecule has 0 aliphatic heterocycles. The van der Waals surface area contributed by atoms with Gasteiger partial charge in [0.2, 0.25) is 0 Å². The lowest BCUT2D eigenvalue weighted by atomic mass is 9.90. The van der Waals surface area contributed by atoms with Crippen LogP contribution in [0.5, 0.6) is 0 Å². The molecule has 1 N–H and O–H groups in total. The summed E-state index contributed by atoms with van der Waals surface area (Å²) in [5, 5.41) is 4.20. The summed E-state index contributed by atoms with van der Waals surface area (Å²) in [4.78, 5) is 12.4. The van der Waals surface area contributed by atoms with E-state index in [0.29, 0.717) is 0 Å². The minimum atomic E-state index is -0.402.